The molecule has 4 heteroatoms. The Labute approximate surface area is 113 Å². The standard InChI is InChI=1S/C15H19N3O/c1-11-7-12(19)3-4-13(11)18-10-17-8-14(18)15(2)5-6-16-9-15/h3-4,7-8,10,16,19H,5-6,9H2,1-2H3. The first kappa shape index (κ1) is 12.2. The number of phenolic OH excluding ortho intramolecular Hbond substituents is 1. The highest BCUT2D eigenvalue weighted by atomic mass is 16.3. The van der Waals surface area contributed by atoms with Crippen LogP contribution in [0.15, 0.2) is 30.7 Å². The van der Waals surface area contributed by atoms with Gasteiger partial charge in [-0.15, -0.1) is 0 Å². The number of benzene rings is 1. The van der Waals surface area contributed by atoms with E-state index in [-0.39, 0.29) is 5.41 Å². The molecule has 2 N–H and O–H groups in total. The van der Waals surface area contributed by atoms with Gasteiger partial charge in [0.25, 0.3) is 0 Å². The van der Waals surface area contributed by atoms with Crippen LogP contribution in [0.3, 0.4) is 0 Å². The number of nitrogens with zero attached hydrogens (tertiary/aromatic N) is 2. The molecule has 0 bridgehead atoms. The highest BCUT2D eigenvalue weighted by molar-refractivity contribution is 5.46. The fourth-order valence-electron chi connectivity index (χ4n) is 2.88. The van der Waals surface area contributed by atoms with Crippen molar-refractivity contribution in [1.29, 1.82) is 0 Å². The second-order valence-corrected chi connectivity index (χ2v) is 5.61. The molecule has 0 aliphatic carbocycles. The van der Waals surface area contributed by atoms with Gasteiger partial charge in [0.15, 0.2) is 0 Å². The summed E-state index contributed by atoms with van der Waals surface area (Å²) in [5.74, 6) is 0.302. The van der Waals surface area contributed by atoms with Crippen molar-refractivity contribution in [3.8, 4) is 11.4 Å². The molecule has 4 nitrogen and oxygen atoms in total. The highest BCUT2D eigenvalue weighted by Gasteiger charge is 2.33. The van der Waals surface area contributed by atoms with E-state index in [0.29, 0.717) is 5.75 Å². The lowest BCUT2D eigenvalue weighted by atomic mass is 9.86. The van der Waals surface area contributed by atoms with Gasteiger partial charge in [0, 0.05) is 29.5 Å². The van der Waals surface area contributed by atoms with Crippen LogP contribution < -0.4 is 5.32 Å². The summed E-state index contributed by atoms with van der Waals surface area (Å²) in [6.07, 6.45) is 4.94. The Kier molecular flexibility index (Phi) is 2.82. The Morgan fingerprint density at radius 1 is 1.42 bits per heavy atom. The summed E-state index contributed by atoms with van der Waals surface area (Å²) in [5, 5.41) is 13.0. The first-order valence-corrected chi connectivity index (χ1v) is 6.64. The lowest BCUT2D eigenvalue weighted by Crippen LogP contribution is -2.27. The highest BCUT2D eigenvalue weighted by Crippen LogP contribution is 2.32. The molecule has 3 rings (SSSR count). The van der Waals surface area contributed by atoms with E-state index in [9.17, 15) is 5.11 Å². The van der Waals surface area contributed by atoms with E-state index in [1.807, 2.05) is 25.5 Å². The lowest BCUT2D eigenvalue weighted by Gasteiger charge is -2.25. The Morgan fingerprint density at radius 2 is 2.26 bits per heavy atom. The van der Waals surface area contributed by atoms with E-state index < -0.39 is 0 Å². The number of nitrogens with one attached hydrogen (secondary N) is 1. The summed E-state index contributed by atoms with van der Waals surface area (Å²) in [5.41, 5.74) is 3.49. The van der Waals surface area contributed by atoms with E-state index >= 15 is 0 Å². The summed E-state index contributed by atoms with van der Waals surface area (Å²) in [4.78, 5) is 4.32. The SMILES string of the molecule is Cc1cc(O)ccc1-n1cncc1C1(C)CCNC1. The predicted octanol–water partition coefficient (Wildman–Crippen LogP) is 2.14. The van der Waals surface area contributed by atoms with Crippen molar-refractivity contribution in [3.05, 3.63) is 42.0 Å². The predicted molar refractivity (Wildman–Crippen MR) is 74.8 cm³/mol. The summed E-state index contributed by atoms with van der Waals surface area (Å²) >= 11 is 0. The average Bonchev–Trinajstić information content (AvgIpc) is 2.98. The molecule has 100 valence electrons. The molecule has 1 atom stereocenters. The Hall–Kier alpha value is -1.81. The number of aromatic hydroxyl groups is 1. The maximum Gasteiger partial charge on any atom is 0.115 e. The van der Waals surface area contributed by atoms with Crippen LogP contribution in [0.2, 0.25) is 0 Å². The molecule has 0 radical (unpaired) electrons. The number of aryl methyl sites for hydroxylation is 1. The summed E-state index contributed by atoms with van der Waals surface area (Å²) in [7, 11) is 0. The summed E-state index contributed by atoms with van der Waals surface area (Å²) in [6.45, 7) is 6.32. The monoisotopic (exact) mass is 257 g/mol. The zero-order chi connectivity index (χ0) is 13.5. The zero-order valence-corrected chi connectivity index (χ0v) is 11.3. The van der Waals surface area contributed by atoms with Crippen molar-refractivity contribution in [1.82, 2.24) is 14.9 Å². The molecular weight excluding hydrogens is 238 g/mol. The number of rotatable bonds is 2. The largest absolute Gasteiger partial charge is 0.508 e. The maximum atomic E-state index is 9.53. The number of phenols is 1. The summed E-state index contributed by atoms with van der Waals surface area (Å²) in [6, 6.07) is 5.46. The van der Waals surface area contributed by atoms with Crippen LogP contribution in [-0.4, -0.2) is 27.7 Å². The molecule has 0 saturated carbocycles. The van der Waals surface area contributed by atoms with Gasteiger partial charge in [-0.3, -0.25) is 0 Å². The van der Waals surface area contributed by atoms with Crippen molar-refractivity contribution < 1.29 is 5.11 Å². The van der Waals surface area contributed by atoms with Gasteiger partial charge < -0.3 is 15.0 Å². The van der Waals surface area contributed by atoms with Crippen LogP contribution in [0.4, 0.5) is 0 Å². The molecule has 1 aromatic carbocycles. The molecule has 1 aliphatic rings. The number of hydrogen-bond donors (Lipinski definition) is 2. The van der Waals surface area contributed by atoms with Gasteiger partial charge in [0.2, 0.25) is 0 Å². The van der Waals surface area contributed by atoms with Crippen molar-refractivity contribution in [2.24, 2.45) is 0 Å². The van der Waals surface area contributed by atoms with Crippen LogP contribution >= 0.6 is 0 Å². The quantitative estimate of drug-likeness (QED) is 0.866. The van der Waals surface area contributed by atoms with Gasteiger partial charge in [0.05, 0.1) is 6.33 Å². The van der Waals surface area contributed by atoms with Gasteiger partial charge in [-0.1, -0.05) is 6.92 Å². The van der Waals surface area contributed by atoms with E-state index in [2.05, 4.69) is 21.8 Å². The smallest absolute Gasteiger partial charge is 0.115 e. The third-order valence-electron chi connectivity index (χ3n) is 4.07. The molecule has 2 aromatic rings. The first-order chi connectivity index (χ1) is 9.10. The molecule has 1 fully saturated rings. The normalized spacial score (nSPS) is 22.8. The molecule has 0 spiro atoms. The second-order valence-electron chi connectivity index (χ2n) is 5.61. The van der Waals surface area contributed by atoms with Crippen molar-refractivity contribution in [2.75, 3.05) is 13.1 Å². The third kappa shape index (κ3) is 2.02. The molecule has 2 heterocycles. The molecule has 1 aromatic heterocycles. The maximum absolute atomic E-state index is 9.53. The lowest BCUT2D eigenvalue weighted by molar-refractivity contribution is 0.474. The van der Waals surface area contributed by atoms with E-state index in [0.717, 1.165) is 30.8 Å². The van der Waals surface area contributed by atoms with Crippen LogP contribution in [0, 0.1) is 6.92 Å². The van der Waals surface area contributed by atoms with Gasteiger partial charge in [-0.2, -0.15) is 0 Å². The Balaban J connectivity index is 2.09. The van der Waals surface area contributed by atoms with E-state index in [4.69, 9.17) is 0 Å². The molecule has 1 unspecified atom stereocenters. The molecule has 1 saturated heterocycles. The minimum absolute atomic E-state index is 0.126. The van der Waals surface area contributed by atoms with Crippen LogP contribution in [0.5, 0.6) is 5.75 Å². The number of imidazole rings is 1. The molecule has 1 aliphatic heterocycles. The molecule has 0 amide bonds. The van der Waals surface area contributed by atoms with Gasteiger partial charge in [0.1, 0.15) is 5.75 Å². The first-order valence-electron chi connectivity index (χ1n) is 6.64. The fraction of sp³-hybridized carbons (Fsp3) is 0.400. The van der Waals surface area contributed by atoms with E-state index in [1.54, 1.807) is 12.1 Å². The number of hydrogen-bond acceptors (Lipinski definition) is 3. The zero-order valence-electron chi connectivity index (χ0n) is 11.3. The van der Waals surface area contributed by atoms with Gasteiger partial charge in [-0.05, 0) is 43.7 Å². The molecule has 19 heavy (non-hydrogen) atoms. The minimum Gasteiger partial charge on any atom is -0.508 e. The van der Waals surface area contributed by atoms with E-state index in [1.165, 1.54) is 5.69 Å². The Bertz CT molecular complexity index is 597. The molecular formula is C15H19N3O. The van der Waals surface area contributed by atoms with Crippen LogP contribution in [-0.2, 0) is 5.41 Å². The summed E-state index contributed by atoms with van der Waals surface area (Å²) < 4.78 is 2.14. The van der Waals surface area contributed by atoms with Crippen LogP contribution in [0.25, 0.3) is 5.69 Å². The third-order valence-corrected chi connectivity index (χ3v) is 4.07. The number of aromatic nitrogens is 2. The van der Waals surface area contributed by atoms with Gasteiger partial charge in [-0.25, -0.2) is 4.98 Å². The van der Waals surface area contributed by atoms with Crippen molar-refractivity contribution >= 4 is 0 Å². The second kappa shape index (κ2) is 4.38. The average molecular weight is 257 g/mol. The minimum atomic E-state index is 0.126. The van der Waals surface area contributed by atoms with Crippen molar-refractivity contribution in [2.45, 2.75) is 25.7 Å². The van der Waals surface area contributed by atoms with Gasteiger partial charge >= 0.3 is 0 Å². The topological polar surface area (TPSA) is 50.1 Å². The van der Waals surface area contributed by atoms with Crippen LogP contribution in [0.1, 0.15) is 24.6 Å². The van der Waals surface area contributed by atoms with Crippen molar-refractivity contribution in [3.63, 3.8) is 0 Å². The fourth-order valence-corrected chi connectivity index (χ4v) is 2.88. The Morgan fingerprint density at radius 3 is 2.95 bits per heavy atom.